The number of aryl methyl sites for hydroxylation is 1. The number of aromatic nitrogens is 2. The molecule has 2 aromatic heterocycles. The van der Waals surface area contributed by atoms with Crippen molar-refractivity contribution in [3.8, 4) is 0 Å². The highest BCUT2D eigenvalue weighted by Crippen LogP contribution is 2.37. The number of hydrogen-bond acceptors (Lipinski definition) is 6. The average molecular weight is 478 g/mol. The number of likely N-dealkylation sites (tertiary alicyclic amines) is 1. The lowest BCUT2D eigenvalue weighted by atomic mass is 9.75. The number of benzene rings is 1. The number of fused-ring (bicyclic) bond motifs is 1. The quantitative estimate of drug-likeness (QED) is 0.517. The van der Waals surface area contributed by atoms with Crippen molar-refractivity contribution in [2.75, 3.05) is 19.6 Å². The number of nitrogens with one attached hydrogen (secondary N) is 1. The van der Waals surface area contributed by atoms with E-state index < -0.39 is 5.54 Å². The van der Waals surface area contributed by atoms with Crippen LogP contribution in [0.3, 0.4) is 0 Å². The number of imide groups is 1. The molecule has 2 fully saturated rings. The number of carbonyl (C=O) groups is 2. The highest BCUT2D eigenvalue weighted by molar-refractivity contribution is 7.09. The Kier molecular flexibility index (Phi) is 6.36. The smallest absolute Gasteiger partial charge is 0.323 e. The maximum absolute atomic E-state index is 13.5. The van der Waals surface area contributed by atoms with Gasteiger partial charge in [0, 0.05) is 36.0 Å². The number of carbonyl (C=O) groups excluding carboxylic acids is 2. The highest BCUT2D eigenvalue weighted by atomic mass is 32.1. The van der Waals surface area contributed by atoms with Gasteiger partial charge in [0.15, 0.2) is 0 Å². The SMILES string of the molecule is CCC1(C2CCN(Cc3cccc4ncccc34)CC2)NC(=O)N(CCc2scnc2C)C1=O. The molecule has 3 aromatic rings. The first-order valence-corrected chi connectivity index (χ1v) is 13.0. The van der Waals surface area contributed by atoms with E-state index in [1.54, 1.807) is 11.3 Å². The molecule has 8 heteroatoms. The Balaban J connectivity index is 1.24. The minimum atomic E-state index is -0.782. The van der Waals surface area contributed by atoms with Gasteiger partial charge in [0.05, 0.1) is 16.7 Å². The molecule has 3 amide bonds. The molecule has 0 aliphatic carbocycles. The van der Waals surface area contributed by atoms with Crippen LogP contribution in [0.4, 0.5) is 4.79 Å². The number of nitrogens with zero attached hydrogens (tertiary/aromatic N) is 4. The van der Waals surface area contributed by atoms with Crippen LogP contribution in [0.5, 0.6) is 0 Å². The summed E-state index contributed by atoms with van der Waals surface area (Å²) in [6.07, 6.45) is 4.90. The minimum Gasteiger partial charge on any atom is -0.323 e. The van der Waals surface area contributed by atoms with Crippen molar-refractivity contribution < 1.29 is 9.59 Å². The third-order valence-corrected chi connectivity index (χ3v) is 8.58. The Morgan fingerprint density at radius 3 is 2.71 bits per heavy atom. The van der Waals surface area contributed by atoms with Crippen molar-refractivity contribution >= 4 is 34.2 Å². The molecule has 0 bridgehead atoms. The molecule has 2 aliphatic heterocycles. The van der Waals surface area contributed by atoms with Crippen molar-refractivity contribution in [3.63, 3.8) is 0 Å². The van der Waals surface area contributed by atoms with Crippen LogP contribution in [0, 0.1) is 12.8 Å². The molecule has 0 radical (unpaired) electrons. The molecule has 34 heavy (non-hydrogen) atoms. The zero-order valence-electron chi connectivity index (χ0n) is 19.8. The molecule has 0 saturated carbocycles. The first-order valence-electron chi connectivity index (χ1n) is 12.1. The number of piperidine rings is 1. The van der Waals surface area contributed by atoms with Gasteiger partial charge in [-0.3, -0.25) is 19.6 Å². The molecule has 1 aromatic carbocycles. The van der Waals surface area contributed by atoms with Gasteiger partial charge < -0.3 is 5.32 Å². The fourth-order valence-corrected chi connectivity index (χ4v) is 6.33. The van der Waals surface area contributed by atoms with E-state index in [0.717, 1.165) is 48.6 Å². The summed E-state index contributed by atoms with van der Waals surface area (Å²) in [7, 11) is 0. The van der Waals surface area contributed by atoms with Crippen LogP contribution in [0.15, 0.2) is 42.0 Å². The maximum Gasteiger partial charge on any atom is 0.325 e. The lowest BCUT2D eigenvalue weighted by Crippen LogP contribution is -2.55. The maximum atomic E-state index is 13.5. The molecule has 4 heterocycles. The summed E-state index contributed by atoms with van der Waals surface area (Å²) >= 11 is 1.58. The van der Waals surface area contributed by atoms with Crippen LogP contribution in [-0.2, 0) is 17.8 Å². The number of rotatable bonds is 7. The fourth-order valence-electron chi connectivity index (χ4n) is 5.56. The van der Waals surface area contributed by atoms with E-state index in [1.165, 1.54) is 15.8 Å². The van der Waals surface area contributed by atoms with Crippen LogP contribution < -0.4 is 5.32 Å². The molecule has 1 atom stereocenters. The van der Waals surface area contributed by atoms with E-state index in [1.807, 2.05) is 37.7 Å². The highest BCUT2D eigenvalue weighted by Gasteiger charge is 2.54. The van der Waals surface area contributed by atoms with Gasteiger partial charge >= 0.3 is 6.03 Å². The number of pyridine rings is 1. The van der Waals surface area contributed by atoms with Crippen molar-refractivity contribution in [1.29, 1.82) is 0 Å². The average Bonchev–Trinajstić information content (AvgIpc) is 3.38. The van der Waals surface area contributed by atoms with E-state index in [4.69, 9.17) is 0 Å². The lowest BCUT2D eigenvalue weighted by molar-refractivity contribution is -0.134. The molecule has 2 saturated heterocycles. The fraction of sp³-hybridized carbons (Fsp3) is 0.462. The van der Waals surface area contributed by atoms with Crippen molar-refractivity contribution in [1.82, 2.24) is 25.1 Å². The Labute approximate surface area is 204 Å². The summed E-state index contributed by atoms with van der Waals surface area (Å²) in [5.74, 6) is 0.0928. The molecule has 1 unspecified atom stereocenters. The summed E-state index contributed by atoms with van der Waals surface area (Å²) in [6.45, 7) is 7.08. The van der Waals surface area contributed by atoms with Crippen molar-refractivity contribution in [2.45, 2.75) is 51.6 Å². The summed E-state index contributed by atoms with van der Waals surface area (Å²) in [4.78, 5) is 40.1. The third-order valence-electron chi connectivity index (χ3n) is 7.58. The Bertz CT molecular complexity index is 1200. The molecule has 178 valence electrons. The standard InChI is InChI=1S/C26H31N5O2S/c1-3-26(24(32)31(25(33)29-26)15-11-23-18(2)28-17-34-23)20-9-13-30(14-10-20)16-19-6-4-8-22-21(19)7-5-12-27-22/h4-8,12,17,20H,3,9-11,13-16H2,1-2H3,(H,29,33). The summed E-state index contributed by atoms with van der Waals surface area (Å²) in [5.41, 5.74) is 4.31. The van der Waals surface area contributed by atoms with Crippen LogP contribution in [0.25, 0.3) is 10.9 Å². The number of hydrogen-bond donors (Lipinski definition) is 1. The molecule has 1 N–H and O–H groups in total. The third kappa shape index (κ3) is 4.09. The largest absolute Gasteiger partial charge is 0.325 e. The first-order chi connectivity index (χ1) is 16.5. The zero-order chi connectivity index (χ0) is 23.7. The summed E-state index contributed by atoms with van der Waals surface area (Å²) in [6, 6.07) is 10.2. The van der Waals surface area contributed by atoms with Gasteiger partial charge in [-0.2, -0.15) is 0 Å². The molecular weight excluding hydrogens is 446 g/mol. The van der Waals surface area contributed by atoms with Gasteiger partial charge in [-0.05, 0) is 62.9 Å². The van der Waals surface area contributed by atoms with Gasteiger partial charge in [-0.15, -0.1) is 11.3 Å². The zero-order valence-corrected chi connectivity index (χ0v) is 20.6. The van der Waals surface area contributed by atoms with Crippen molar-refractivity contribution in [3.05, 3.63) is 58.2 Å². The molecular formula is C26H31N5O2S. The normalized spacial score (nSPS) is 22.0. The second-order valence-electron chi connectivity index (χ2n) is 9.36. The van der Waals surface area contributed by atoms with E-state index >= 15 is 0 Å². The Hall–Kier alpha value is -2.84. The van der Waals surface area contributed by atoms with Gasteiger partial charge in [-0.1, -0.05) is 25.1 Å². The van der Waals surface area contributed by atoms with Crippen LogP contribution >= 0.6 is 11.3 Å². The summed E-state index contributed by atoms with van der Waals surface area (Å²) in [5, 5.41) is 4.31. The van der Waals surface area contributed by atoms with Gasteiger partial charge in [0.2, 0.25) is 0 Å². The minimum absolute atomic E-state index is 0.0549. The van der Waals surface area contributed by atoms with Crippen LogP contribution in [-0.4, -0.2) is 56.9 Å². The van der Waals surface area contributed by atoms with E-state index in [0.29, 0.717) is 19.4 Å². The van der Waals surface area contributed by atoms with Crippen molar-refractivity contribution in [2.24, 2.45) is 5.92 Å². The Morgan fingerprint density at radius 1 is 1.15 bits per heavy atom. The second-order valence-corrected chi connectivity index (χ2v) is 10.3. The number of thiazole rings is 1. The summed E-state index contributed by atoms with van der Waals surface area (Å²) < 4.78 is 0. The molecule has 2 aliphatic rings. The monoisotopic (exact) mass is 477 g/mol. The predicted molar refractivity (Wildman–Crippen MR) is 134 cm³/mol. The van der Waals surface area contributed by atoms with E-state index in [-0.39, 0.29) is 17.9 Å². The molecule has 0 spiro atoms. The second kappa shape index (κ2) is 9.43. The topological polar surface area (TPSA) is 78.4 Å². The van der Waals surface area contributed by atoms with Crippen LogP contribution in [0.1, 0.15) is 42.3 Å². The van der Waals surface area contributed by atoms with E-state index in [9.17, 15) is 9.59 Å². The number of amides is 3. The molecule has 5 rings (SSSR count). The molecule has 7 nitrogen and oxygen atoms in total. The van der Waals surface area contributed by atoms with Gasteiger partial charge in [0.25, 0.3) is 5.91 Å². The van der Waals surface area contributed by atoms with Crippen LogP contribution in [0.2, 0.25) is 0 Å². The Morgan fingerprint density at radius 2 is 1.97 bits per heavy atom. The predicted octanol–water partition coefficient (Wildman–Crippen LogP) is 4.16. The lowest BCUT2D eigenvalue weighted by Gasteiger charge is -2.40. The van der Waals surface area contributed by atoms with E-state index in [2.05, 4.69) is 38.4 Å². The number of urea groups is 1. The van der Waals surface area contributed by atoms with Gasteiger partial charge in [-0.25, -0.2) is 9.78 Å². The first kappa shape index (κ1) is 22.9. The van der Waals surface area contributed by atoms with Gasteiger partial charge in [0.1, 0.15) is 5.54 Å².